The van der Waals surface area contributed by atoms with E-state index in [4.69, 9.17) is 15.2 Å². The highest BCUT2D eigenvalue weighted by molar-refractivity contribution is 5.78. The van der Waals surface area contributed by atoms with Crippen molar-refractivity contribution >= 4 is 5.91 Å². The standard InChI is InChI=1S/C17H24N2O3/c18-16-9-19(8-15(16)14-4-2-1-3-5-14)17(20)12-22-11-13-6-7-21-10-13/h1-5,13,15-16H,6-12,18H2/t13?,15-,16+/m0/s1. The molecule has 2 saturated heterocycles. The Morgan fingerprint density at radius 2 is 2.14 bits per heavy atom. The van der Waals surface area contributed by atoms with Gasteiger partial charge in [-0.05, 0) is 12.0 Å². The largest absolute Gasteiger partial charge is 0.381 e. The second-order valence-electron chi connectivity index (χ2n) is 6.22. The molecule has 1 unspecified atom stereocenters. The second kappa shape index (κ2) is 7.22. The predicted octanol–water partition coefficient (Wildman–Crippen LogP) is 0.993. The summed E-state index contributed by atoms with van der Waals surface area (Å²) in [5, 5.41) is 0. The topological polar surface area (TPSA) is 64.8 Å². The van der Waals surface area contributed by atoms with Gasteiger partial charge in [-0.25, -0.2) is 0 Å². The number of carbonyl (C=O) groups excluding carboxylic acids is 1. The van der Waals surface area contributed by atoms with Gasteiger partial charge in [-0.15, -0.1) is 0 Å². The fraction of sp³-hybridized carbons (Fsp3) is 0.588. The van der Waals surface area contributed by atoms with E-state index < -0.39 is 0 Å². The molecule has 0 radical (unpaired) electrons. The van der Waals surface area contributed by atoms with Crippen LogP contribution in [0.4, 0.5) is 0 Å². The lowest BCUT2D eigenvalue weighted by atomic mass is 9.95. The Morgan fingerprint density at radius 3 is 2.86 bits per heavy atom. The molecule has 22 heavy (non-hydrogen) atoms. The molecule has 0 saturated carbocycles. The monoisotopic (exact) mass is 304 g/mol. The molecule has 0 aromatic heterocycles. The van der Waals surface area contributed by atoms with E-state index in [2.05, 4.69) is 12.1 Å². The zero-order valence-corrected chi connectivity index (χ0v) is 12.8. The Labute approximate surface area is 131 Å². The predicted molar refractivity (Wildman–Crippen MR) is 83.5 cm³/mol. The van der Waals surface area contributed by atoms with Gasteiger partial charge in [-0.3, -0.25) is 4.79 Å². The molecular weight excluding hydrogens is 280 g/mol. The molecular formula is C17H24N2O3. The average Bonchev–Trinajstić information content (AvgIpc) is 3.17. The van der Waals surface area contributed by atoms with Crippen molar-refractivity contribution in [3.8, 4) is 0 Å². The van der Waals surface area contributed by atoms with Crippen LogP contribution in [-0.4, -0.2) is 56.4 Å². The number of benzene rings is 1. The zero-order chi connectivity index (χ0) is 15.4. The molecule has 0 spiro atoms. The molecule has 2 fully saturated rings. The number of hydrogen-bond donors (Lipinski definition) is 1. The summed E-state index contributed by atoms with van der Waals surface area (Å²) in [4.78, 5) is 14.1. The summed E-state index contributed by atoms with van der Waals surface area (Å²) in [6.07, 6.45) is 1.03. The first-order valence-corrected chi connectivity index (χ1v) is 7.98. The zero-order valence-electron chi connectivity index (χ0n) is 12.8. The van der Waals surface area contributed by atoms with Crippen LogP contribution in [-0.2, 0) is 14.3 Å². The van der Waals surface area contributed by atoms with Crippen LogP contribution in [0, 0.1) is 5.92 Å². The molecule has 5 heteroatoms. The molecule has 1 aromatic carbocycles. The molecule has 2 heterocycles. The fourth-order valence-electron chi connectivity index (χ4n) is 3.20. The molecule has 2 aliphatic heterocycles. The van der Waals surface area contributed by atoms with Crippen LogP contribution in [0.5, 0.6) is 0 Å². The van der Waals surface area contributed by atoms with Gasteiger partial charge in [0.05, 0.1) is 13.2 Å². The average molecular weight is 304 g/mol. The third-order valence-corrected chi connectivity index (χ3v) is 4.55. The summed E-state index contributed by atoms with van der Waals surface area (Å²) < 4.78 is 10.9. The summed E-state index contributed by atoms with van der Waals surface area (Å²) >= 11 is 0. The Hall–Kier alpha value is -1.43. The van der Waals surface area contributed by atoms with Crippen LogP contribution >= 0.6 is 0 Å². The highest BCUT2D eigenvalue weighted by Gasteiger charge is 2.33. The number of nitrogens with two attached hydrogens (primary N) is 1. The van der Waals surface area contributed by atoms with E-state index in [1.807, 2.05) is 23.1 Å². The summed E-state index contributed by atoms with van der Waals surface area (Å²) in [5.41, 5.74) is 7.42. The molecule has 5 nitrogen and oxygen atoms in total. The van der Waals surface area contributed by atoms with Gasteiger partial charge in [0.1, 0.15) is 6.61 Å². The van der Waals surface area contributed by atoms with Crippen LogP contribution in [0.2, 0.25) is 0 Å². The van der Waals surface area contributed by atoms with E-state index in [1.54, 1.807) is 0 Å². The molecule has 3 rings (SSSR count). The number of amides is 1. The number of nitrogens with zero attached hydrogens (tertiary/aromatic N) is 1. The molecule has 2 aliphatic rings. The van der Waals surface area contributed by atoms with Crippen molar-refractivity contribution in [2.24, 2.45) is 11.7 Å². The number of carbonyl (C=O) groups is 1. The van der Waals surface area contributed by atoms with Crippen molar-refractivity contribution in [2.75, 3.05) is 39.5 Å². The lowest BCUT2D eigenvalue weighted by Gasteiger charge is -2.17. The molecule has 120 valence electrons. The third-order valence-electron chi connectivity index (χ3n) is 4.55. The maximum Gasteiger partial charge on any atom is 0.248 e. The number of likely N-dealkylation sites (tertiary alicyclic amines) is 1. The smallest absolute Gasteiger partial charge is 0.248 e. The van der Waals surface area contributed by atoms with E-state index >= 15 is 0 Å². The first kappa shape index (κ1) is 15.5. The summed E-state index contributed by atoms with van der Waals surface area (Å²) in [6, 6.07) is 10.2. The number of ether oxygens (including phenoxy) is 2. The highest BCUT2D eigenvalue weighted by Crippen LogP contribution is 2.26. The summed E-state index contributed by atoms with van der Waals surface area (Å²) in [6.45, 7) is 3.59. The third kappa shape index (κ3) is 3.66. The minimum Gasteiger partial charge on any atom is -0.381 e. The SMILES string of the molecule is N[C@@H]1CN(C(=O)COCC2CCOC2)C[C@H]1c1ccccc1. The van der Waals surface area contributed by atoms with Gasteiger partial charge in [0, 0.05) is 37.6 Å². The van der Waals surface area contributed by atoms with Crippen LogP contribution in [0.25, 0.3) is 0 Å². The quantitative estimate of drug-likeness (QED) is 0.881. The number of hydrogen-bond acceptors (Lipinski definition) is 4. The minimum absolute atomic E-state index is 0.00502. The van der Waals surface area contributed by atoms with Crippen molar-refractivity contribution in [1.82, 2.24) is 4.90 Å². The second-order valence-corrected chi connectivity index (χ2v) is 6.22. The van der Waals surface area contributed by atoms with Crippen LogP contribution in [0.3, 0.4) is 0 Å². The van der Waals surface area contributed by atoms with Crippen LogP contribution in [0.1, 0.15) is 17.9 Å². The Balaban J connectivity index is 1.47. The van der Waals surface area contributed by atoms with Crippen LogP contribution < -0.4 is 5.73 Å². The maximum atomic E-state index is 12.3. The first-order valence-electron chi connectivity index (χ1n) is 7.98. The Morgan fingerprint density at radius 1 is 1.32 bits per heavy atom. The van der Waals surface area contributed by atoms with Crippen molar-refractivity contribution < 1.29 is 14.3 Å². The van der Waals surface area contributed by atoms with E-state index in [0.29, 0.717) is 25.6 Å². The van der Waals surface area contributed by atoms with Gasteiger partial charge in [-0.2, -0.15) is 0 Å². The highest BCUT2D eigenvalue weighted by atomic mass is 16.5. The summed E-state index contributed by atoms with van der Waals surface area (Å²) in [5.74, 6) is 0.687. The Kier molecular flexibility index (Phi) is 5.08. The fourth-order valence-corrected chi connectivity index (χ4v) is 3.20. The number of rotatable bonds is 5. The molecule has 0 bridgehead atoms. The molecule has 3 atom stereocenters. The van der Waals surface area contributed by atoms with Crippen LogP contribution in [0.15, 0.2) is 30.3 Å². The molecule has 0 aliphatic carbocycles. The molecule has 1 aromatic rings. The van der Waals surface area contributed by atoms with Gasteiger partial charge >= 0.3 is 0 Å². The lowest BCUT2D eigenvalue weighted by Crippen LogP contribution is -2.34. The van der Waals surface area contributed by atoms with E-state index in [1.165, 1.54) is 5.56 Å². The van der Waals surface area contributed by atoms with Gasteiger partial charge in [0.15, 0.2) is 0 Å². The lowest BCUT2D eigenvalue weighted by molar-refractivity contribution is -0.135. The maximum absolute atomic E-state index is 12.3. The normalized spacial score (nSPS) is 28.2. The van der Waals surface area contributed by atoms with Crippen molar-refractivity contribution in [2.45, 2.75) is 18.4 Å². The Bertz CT molecular complexity index is 488. The summed E-state index contributed by atoms with van der Waals surface area (Å²) in [7, 11) is 0. The van der Waals surface area contributed by atoms with Crippen molar-refractivity contribution in [3.05, 3.63) is 35.9 Å². The van der Waals surface area contributed by atoms with Crippen molar-refractivity contribution in [3.63, 3.8) is 0 Å². The van der Waals surface area contributed by atoms with E-state index in [0.717, 1.165) is 19.6 Å². The van der Waals surface area contributed by atoms with Gasteiger partial charge < -0.3 is 20.1 Å². The molecule has 1 amide bonds. The minimum atomic E-state index is -0.00502. The van der Waals surface area contributed by atoms with Crippen molar-refractivity contribution in [1.29, 1.82) is 0 Å². The van der Waals surface area contributed by atoms with E-state index in [9.17, 15) is 4.79 Å². The van der Waals surface area contributed by atoms with Gasteiger partial charge in [-0.1, -0.05) is 30.3 Å². The van der Waals surface area contributed by atoms with Gasteiger partial charge in [0.25, 0.3) is 0 Å². The molecule has 2 N–H and O–H groups in total. The first-order chi connectivity index (χ1) is 10.7. The van der Waals surface area contributed by atoms with E-state index in [-0.39, 0.29) is 24.5 Å². The van der Waals surface area contributed by atoms with Gasteiger partial charge in [0.2, 0.25) is 5.91 Å².